The molecule has 0 radical (unpaired) electrons. The van der Waals surface area contributed by atoms with E-state index in [0.29, 0.717) is 35.4 Å². The fourth-order valence-corrected chi connectivity index (χ4v) is 1.90. The highest BCUT2D eigenvalue weighted by Gasteiger charge is 2.06. The summed E-state index contributed by atoms with van der Waals surface area (Å²) in [7, 11) is 4.76. The number of nitrogen functional groups attached to an aromatic ring is 1. The van der Waals surface area contributed by atoms with Gasteiger partial charge in [0.1, 0.15) is 5.82 Å². The summed E-state index contributed by atoms with van der Waals surface area (Å²) in [5.74, 6) is 2.50. The zero-order chi connectivity index (χ0) is 15.2. The van der Waals surface area contributed by atoms with Gasteiger partial charge in [-0.3, -0.25) is 0 Å². The van der Waals surface area contributed by atoms with Gasteiger partial charge in [-0.25, -0.2) is 0 Å². The monoisotopic (exact) mass is 289 g/mol. The number of ether oxygens (including phenoxy) is 3. The Morgan fingerprint density at radius 2 is 1.76 bits per heavy atom. The van der Waals surface area contributed by atoms with Crippen LogP contribution in [-0.4, -0.2) is 26.3 Å². The van der Waals surface area contributed by atoms with Gasteiger partial charge < -0.3 is 25.3 Å². The van der Waals surface area contributed by atoms with Gasteiger partial charge in [0.15, 0.2) is 11.5 Å². The normalized spacial score (nSPS) is 10.0. The van der Waals surface area contributed by atoms with Gasteiger partial charge in [-0.2, -0.15) is 4.98 Å². The van der Waals surface area contributed by atoms with Crippen molar-refractivity contribution in [1.82, 2.24) is 4.98 Å². The van der Waals surface area contributed by atoms with Crippen LogP contribution in [0.5, 0.6) is 17.4 Å². The van der Waals surface area contributed by atoms with E-state index in [2.05, 4.69) is 10.3 Å². The first kappa shape index (κ1) is 14.8. The fourth-order valence-electron chi connectivity index (χ4n) is 1.90. The lowest BCUT2D eigenvalue weighted by Gasteiger charge is -2.11. The molecule has 3 N–H and O–H groups in total. The minimum atomic E-state index is 0.410. The number of anilines is 2. The number of nitrogens with two attached hydrogens (primary N) is 1. The lowest BCUT2D eigenvalue weighted by Crippen LogP contribution is -2.04. The van der Waals surface area contributed by atoms with Crippen LogP contribution in [0.25, 0.3) is 0 Å². The van der Waals surface area contributed by atoms with Crippen molar-refractivity contribution < 1.29 is 14.2 Å². The zero-order valence-corrected chi connectivity index (χ0v) is 12.3. The number of methoxy groups -OCH3 is 3. The van der Waals surface area contributed by atoms with E-state index in [-0.39, 0.29) is 0 Å². The maximum atomic E-state index is 5.73. The molecule has 0 fully saturated rings. The molecule has 1 aromatic carbocycles. The average molecular weight is 289 g/mol. The Morgan fingerprint density at radius 3 is 2.43 bits per heavy atom. The summed E-state index contributed by atoms with van der Waals surface area (Å²) in [4.78, 5) is 4.27. The summed E-state index contributed by atoms with van der Waals surface area (Å²) < 4.78 is 15.6. The minimum Gasteiger partial charge on any atom is -0.493 e. The van der Waals surface area contributed by atoms with Gasteiger partial charge in [-0.15, -0.1) is 0 Å². The molecular formula is C15H19N3O3. The number of aromatic nitrogens is 1. The van der Waals surface area contributed by atoms with Gasteiger partial charge in [0.2, 0.25) is 5.88 Å². The molecule has 0 spiro atoms. The molecular weight excluding hydrogens is 270 g/mol. The molecule has 0 aliphatic heterocycles. The van der Waals surface area contributed by atoms with E-state index in [9.17, 15) is 0 Å². The Kier molecular flexibility index (Phi) is 4.71. The lowest BCUT2D eigenvalue weighted by atomic mass is 10.2. The molecule has 0 unspecified atom stereocenters. The molecule has 0 saturated carbocycles. The van der Waals surface area contributed by atoms with Crippen molar-refractivity contribution in [2.45, 2.75) is 6.54 Å². The van der Waals surface area contributed by atoms with E-state index in [1.165, 1.54) is 7.11 Å². The maximum absolute atomic E-state index is 5.73. The van der Waals surface area contributed by atoms with Gasteiger partial charge in [-0.1, -0.05) is 6.07 Å². The van der Waals surface area contributed by atoms with Crippen LogP contribution in [0, 0.1) is 0 Å². The number of nitrogens with zero attached hydrogens (tertiary/aromatic N) is 1. The second-order valence-electron chi connectivity index (χ2n) is 4.34. The third kappa shape index (κ3) is 3.47. The highest BCUT2D eigenvalue weighted by Crippen LogP contribution is 2.28. The zero-order valence-electron chi connectivity index (χ0n) is 12.3. The first-order valence-electron chi connectivity index (χ1n) is 6.43. The van der Waals surface area contributed by atoms with Crippen molar-refractivity contribution in [1.29, 1.82) is 0 Å². The van der Waals surface area contributed by atoms with Crippen LogP contribution in [0.2, 0.25) is 0 Å². The highest BCUT2D eigenvalue weighted by molar-refractivity contribution is 5.54. The van der Waals surface area contributed by atoms with Gasteiger partial charge in [0.05, 0.1) is 27.0 Å². The topological polar surface area (TPSA) is 78.6 Å². The Bertz CT molecular complexity index is 617. The van der Waals surface area contributed by atoms with Crippen molar-refractivity contribution in [3.8, 4) is 17.4 Å². The standard InChI is InChI=1S/C15H19N3O3/c1-19-12-6-4-10(8-13(12)20-2)9-17-14-7-5-11(16)15(18-14)21-3/h4-8H,9,16H2,1-3H3,(H,17,18). The summed E-state index contributed by atoms with van der Waals surface area (Å²) in [6.45, 7) is 0.598. The average Bonchev–Trinajstić information content (AvgIpc) is 2.53. The quantitative estimate of drug-likeness (QED) is 0.849. The molecule has 112 valence electrons. The van der Waals surface area contributed by atoms with E-state index in [1.54, 1.807) is 26.4 Å². The number of hydrogen-bond acceptors (Lipinski definition) is 6. The third-order valence-electron chi connectivity index (χ3n) is 3.00. The second kappa shape index (κ2) is 6.69. The summed E-state index contributed by atoms with van der Waals surface area (Å²) in [6.07, 6.45) is 0. The van der Waals surface area contributed by atoms with E-state index in [0.717, 1.165) is 5.56 Å². The van der Waals surface area contributed by atoms with E-state index < -0.39 is 0 Å². The summed E-state index contributed by atoms with van der Waals surface area (Å²) >= 11 is 0. The van der Waals surface area contributed by atoms with Gasteiger partial charge in [0.25, 0.3) is 0 Å². The van der Waals surface area contributed by atoms with Crippen LogP contribution >= 0.6 is 0 Å². The fraction of sp³-hybridized carbons (Fsp3) is 0.267. The van der Waals surface area contributed by atoms with Gasteiger partial charge >= 0.3 is 0 Å². The van der Waals surface area contributed by atoms with Crippen molar-refractivity contribution in [2.75, 3.05) is 32.4 Å². The molecule has 21 heavy (non-hydrogen) atoms. The predicted octanol–water partition coefficient (Wildman–Crippen LogP) is 2.30. The molecule has 6 heteroatoms. The highest BCUT2D eigenvalue weighted by atomic mass is 16.5. The molecule has 0 atom stereocenters. The number of rotatable bonds is 6. The molecule has 1 heterocycles. The first-order chi connectivity index (χ1) is 10.2. The van der Waals surface area contributed by atoms with Crippen LogP contribution < -0.4 is 25.3 Å². The summed E-state index contributed by atoms with van der Waals surface area (Å²) in [5.41, 5.74) is 7.29. The molecule has 2 aromatic rings. The first-order valence-corrected chi connectivity index (χ1v) is 6.43. The van der Waals surface area contributed by atoms with Crippen LogP contribution in [0.15, 0.2) is 30.3 Å². The Balaban J connectivity index is 2.09. The largest absolute Gasteiger partial charge is 0.493 e. The molecule has 0 amide bonds. The SMILES string of the molecule is COc1ccc(CNc2ccc(N)c(OC)n2)cc1OC. The van der Waals surface area contributed by atoms with Crippen molar-refractivity contribution in [3.05, 3.63) is 35.9 Å². The van der Waals surface area contributed by atoms with Crippen LogP contribution in [-0.2, 0) is 6.54 Å². The summed E-state index contributed by atoms with van der Waals surface area (Å²) in [5, 5.41) is 3.21. The number of pyridine rings is 1. The van der Waals surface area contributed by atoms with Crippen LogP contribution in [0.1, 0.15) is 5.56 Å². The predicted molar refractivity (Wildman–Crippen MR) is 82.1 cm³/mol. The van der Waals surface area contributed by atoms with Crippen molar-refractivity contribution in [2.24, 2.45) is 0 Å². The number of benzene rings is 1. The van der Waals surface area contributed by atoms with Gasteiger partial charge in [-0.05, 0) is 29.8 Å². The maximum Gasteiger partial charge on any atom is 0.238 e. The number of hydrogen-bond donors (Lipinski definition) is 2. The van der Waals surface area contributed by atoms with Gasteiger partial charge in [0, 0.05) is 6.54 Å². The van der Waals surface area contributed by atoms with Crippen molar-refractivity contribution >= 4 is 11.5 Å². The molecule has 6 nitrogen and oxygen atoms in total. The summed E-state index contributed by atoms with van der Waals surface area (Å²) in [6, 6.07) is 9.30. The Morgan fingerprint density at radius 1 is 1.00 bits per heavy atom. The molecule has 1 aromatic heterocycles. The van der Waals surface area contributed by atoms with Crippen LogP contribution in [0.4, 0.5) is 11.5 Å². The van der Waals surface area contributed by atoms with E-state index >= 15 is 0 Å². The smallest absolute Gasteiger partial charge is 0.238 e. The minimum absolute atomic E-state index is 0.410. The molecule has 0 saturated heterocycles. The number of nitrogens with one attached hydrogen (secondary N) is 1. The molecule has 0 bridgehead atoms. The Hall–Kier alpha value is -2.63. The molecule has 0 aliphatic carbocycles. The molecule has 2 rings (SSSR count). The lowest BCUT2D eigenvalue weighted by molar-refractivity contribution is 0.354. The van der Waals surface area contributed by atoms with E-state index in [1.807, 2.05) is 18.2 Å². The van der Waals surface area contributed by atoms with Crippen LogP contribution in [0.3, 0.4) is 0 Å². The third-order valence-corrected chi connectivity index (χ3v) is 3.00. The van der Waals surface area contributed by atoms with Crippen molar-refractivity contribution in [3.63, 3.8) is 0 Å². The molecule has 0 aliphatic rings. The van der Waals surface area contributed by atoms with E-state index in [4.69, 9.17) is 19.9 Å². The second-order valence-corrected chi connectivity index (χ2v) is 4.34. The Labute approximate surface area is 123 Å².